The van der Waals surface area contributed by atoms with Crippen LogP contribution in [-0.4, -0.2) is 41.3 Å². The number of carbonyl (C=O) groups excluding carboxylic acids is 2. The molecule has 0 spiro atoms. The molecular weight excluding hydrogens is 408 g/mol. The number of hydrogen-bond donors (Lipinski definition) is 2. The van der Waals surface area contributed by atoms with Crippen LogP contribution in [-0.2, 0) is 4.79 Å². The van der Waals surface area contributed by atoms with Crippen LogP contribution in [0, 0.1) is 35.8 Å². The summed E-state index contributed by atoms with van der Waals surface area (Å²) in [6.07, 6.45) is 1.12. The summed E-state index contributed by atoms with van der Waals surface area (Å²) in [4.78, 5) is 38.1. The fourth-order valence-electron chi connectivity index (χ4n) is 4.23. The van der Waals surface area contributed by atoms with Gasteiger partial charge in [-0.15, -0.1) is 0 Å². The van der Waals surface area contributed by atoms with Gasteiger partial charge >= 0.3 is 0 Å². The molecule has 0 bridgehead atoms. The number of nitro groups is 1. The number of aryl methyl sites for hydroxylation is 2. The number of rotatable bonds is 6. The molecule has 0 aromatic heterocycles. The molecular formula is C24H30N4O4. The number of piperidine rings is 1. The van der Waals surface area contributed by atoms with Crippen molar-refractivity contribution in [2.45, 2.75) is 34.1 Å². The van der Waals surface area contributed by atoms with Crippen molar-refractivity contribution in [1.29, 1.82) is 0 Å². The van der Waals surface area contributed by atoms with E-state index in [0.717, 1.165) is 30.6 Å². The van der Waals surface area contributed by atoms with Crippen molar-refractivity contribution in [2.24, 2.45) is 11.8 Å². The third kappa shape index (κ3) is 5.63. The van der Waals surface area contributed by atoms with Gasteiger partial charge in [0.15, 0.2) is 0 Å². The molecule has 2 atom stereocenters. The SMILES string of the molecule is Cc1ccc(NC(=O)CNc2cc(C(=O)N3CC(C)CC(C)C3)ccc2C)c([N+](=O)[O-])c1. The van der Waals surface area contributed by atoms with Gasteiger partial charge in [0.25, 0.3) is 11.6 Å². The van der Waals surface area contributed by atoms with Crippen molar-refractivity contribution < 1.29 is 14.5 Å². The van der Waals surface area contributed by atoms with Gasteiger partial charge in [0.1, 0.15) is 5.69 Å². The van der Waals surface area contributed by atoms with Crippen LogP contribution in [0.25, 0.3) is 0 Å². The molecule has 1 heterocycles. The molecule has 1 fully saturated rings. The fraction of sp³-hybridized carbons (Fsp3) is 0.417. The van der Waals surface area contributed by atoms with E-state index in [2.05, 4.69) is 24.5 Å². The Morgan fingerprint density at radius 1 is 1.06 bits per heavy atom. The first-order chi connectivity index (χ1) is 15.1. The highest BCUT2D eigenvalue weighted by Crippen LogP contribution is 2.26. The van der Waals surface area contributed by atoms with Gasteiger partial charge in [-0.25, -0.2) is 0 Å². The van der Waals surface area contributed by atoms with E-state index in [1.165, 1.54) is 12.1 Å². The Hall–Kier alpha value is -3.42. The van der Waals surface area contributed by atoms with Gasteiger partial charge in [-0.05, 0) is 61.4 Å². The van der Waals surface area contributed by atoms with Crippen LogP contribution in [0.4, 0.5) is 17.1 Å². The number of nitrogens with one attached hydrogen (secondary N) is 2. The van der Waals surface area contributed by atoms with Gasteiger partial charge in [0.2, 0.25) is 5.91 Å². The van der Waals surface area contributed by atoms with E-state index in [0.29, 0.717) is 23.1 Å². The van der Waals surface area contributed by atoms with E-state index < -0.39 is 10.8 Å². The first-order valence-electron chi connectivity index (χ1n) is 10.8. The van der Waals surface area contributed by atoms with Crippen LogP contribution in [0.1, 0.15) is 41.8 Å². The molecule has 2 amide bonds. The quantitative estimate of drug-likeness (QED) is 0.514. The molecule has 170 valence electrons. The van der Waals surface area contributed by atoms with Crippen LogP contribution >= 0.6 is 0 Å². The molecule has 0 saturated carbocycles. The molecule has 2 aromatic carbocycles. The summed E-state index contributed by atoms with van der Waals surface area (Å²) in [5.41, 5.74) is 2.91. The molecule has 8 heteroatoms. The van der Waals surface area contributed by atoms with Crippen molar-refractivity contribution in [2.75, 3.05) is 30.3 Å². The first-order valence-corrected chi connectivity index (χ1v) is 10.8. The van der Waals surface area contributed by atoms with Crippen molar-refractivity contribution in [3.63, 3.8) is 0 Å². The molecule has 1 aliphatic heterocycles. The molecule has 2 unspecified atom stereocenters. The number of anilines is 2. The lowest BCUT2D eigenvalue weighted by Gasteiger charge is -2.35. The van der Waals surface area contributed by atoms with Gasteiger partial charge < -0.3 is 15.5 Å². The van der Waals surface area contributed by atoms with E-state index in [-0.39, 0.29) is 23.8 Å². The van der Waals surface area contributed by atoms with Gasteiger partial charge in [0, 0.05) is 30.4 Å². The van der Waals surface area contributed by atoms with E-state index in [9.17, 15) is 19.7 Å². The Labute approximate surface area is 188 Å². The largest absolute Gasteiger partial charge is 0.376 e. The summed E-state index contributed by atoms with van der Waals surface area (Å²) >= 11 is 0. The predicted octanol–water partition coefficient (Wildman–Crippen LogP) is 4.38. The smallest absolute Gasteiger partial charge is 0.293 e. The van der Waals surface area contributed by atoms with Gasteiger partial charge in [-0.3, -0.25) is 19.7 Å². The Morgan fingerprint density at radius 2 is 1.75 bits per heavy atom. The Balaban J connectivity index is 1.67. The number of carbonyl (C=O) groups is 2. The van der Waals surface area contributed by atoms with E-state index in [1.54, 1.807) is 19.1 Å². The fourth-order valence-corrected chi connectivity index (χ4v) is 4.23. The zero-order valence-corrected chi connectivity index (χ0v) is 19.0. The Morgan fingerprint density at radius 3 is 2.41 bits per heavy atom. The number of hydrogen-bond acceptors (Lipinski definition) is 5. The lowest BCUT2D eigenvalue weighted by molar-refractivity contribution is -0.384. The molecule has 1 saturated heterocycles. The van der Waals surface area contributed by atoms with Crippen molar-refractivity contribution >= 4 is 28.9 Å². The predicted molar refractivity (Wildman–Crippen MR) is 125 cm³/mol. The second kappa shape index (κ2) is 9.80. The highest BCUT2D eigenvalue weighted by atomic mass is 16.6. The third-order valence-electron chi connectivity index (χ3n) is 5.70. The maximum Gasteiger partial charge on any atom is 0.293 e. The molecule has 2 aromatic rings. The Bertz CT molecular complexity index is 1030. The molecule has 1 aliphatic rings. The minimum atomic E-state index is -0.516. The highest BCUT2D eigenvalue weighted by Gasteiger charge is 2.26. The van der Waals surface area contributed by atoms with Crippen molar-refractivity contribution in [3.05, 3.63) is 63.2 Å². The van der Waals surface area contributed by atoms with Gasteiger partial charge in [-0.1, -0.05) is 26.0 Å². The standard InChI is InChI=1S/C24H30N4O4/c1-15-5-8-20(22(10-15)28(31)32)26-23(29)12-25-21-11-19(7-6-18(21)4)24(30)27-13-16(2)9-17(3)14-27/h5-8,10-11,16-17,25H,9,12-14H2,1-4H3,(H,26,29). The average Bonchev–Trinajstić information content (AvgIpc) is 2.73. The highest BCUT2D eigenvalue weighted by molar-refractivity contribution is 5.97. The van der Waals surface area contributed by atoms with Crippen LogP contribution < -0.4 is 10.6 Å². The van der Waals surface area contributed by atoms with Crippen LogP contribution in [0.2, 0.25) is 0 Å². The first kappa shape index (κ1) is 23.2. The van der Waals surface area contributed by atoms with Crippen molar-refractivity contribution in [3.8, 4) is 0 Å². The van der Waals surface area contributed by atoms with Crippen LogP contribution in [0.3, 0.4) is 0 Å². The van der Waals surface area contributed by atoms with E-state index >= 15 is 0 Å². The summed E-state index contributed by atoms with van der Waals surface area (Å²) in [6, 6.07) is 10.1. The molecule has 0 radical (unpaired) electrons. The summed E-state index contributed by atoms with van der Waals surface area (Å²) in [5, 5.41) is 16.9. The summed E-state index contributed by atoms with van der Waals surface area (Å²) in [5.74, 6) is 0.526. The lowest BCUT2D eigenvalue weighted by Crippen LogP contribution is -2.42. The summed E-state index contributed by atoms with van der Waals surface area (Å²) in [7, 11) is 0. The molecule has 3 rings (SSSR count). The zero-order chi connectivity index (χ0) is 23.4. The number of amides is 2. The lowest BCUT2D eigenvalue weighted by atomic mass is 9.91. The monoisotopic (exact) mass is 438 g/mol. The molecule has 8 nitrogen and oxygen atoms in total. The molecule has 32 heavy (non-hydrogen) atoms. The molecule has 0 aliphatic carbocycles. The van der Waals surface area contributed by atoms with E-state index in [1.807, 2.05) is 24.0 Å². The maximum absolute atomic E-state index is 13.0. The number of benzene rings is 2. The minimum absolute atomic E-state index is 0.00817. The molecule has 2 N–H and O–H groups in total. The Kier molecular flexibility index (Phi) is 7.12. The third-order valence-corrected chi connectivity index (χ3v) is 5.70. The minimum Gasteiger partial charge on any atom is -0.376 e. The number of likely N-dealkylation sites (tertiary alicyclic amines) is 1. The number of nitro benzene ring substituents is 1. The van der Waals surface area contributed by atoms with Crippen LogP contribution in [0.5, 0.6) is 0 Å². The van der Waals surface area contributed by atoms with Crippen LogP contribution in [0.15, 0.2) is 36.4 Å². The second-order valence-corrected chi connectivity index (χ2v) is 8.87. The van der Waals surface area contributed by atoms with E-state index in [4.69, 9.17) is 0 Å². The van der Waals surface area contributed by atoms with Crippen molar-refractivity contribution in [1.82, 2.24) is 4.90 Å². The summed E-state index contributed by atoms with van der Waals surface area (Å²) in [6.45, 7) is 9.38. The zero-order valence-electron chi connectivity index (χ0n) is 19.0. The van der Waals surface area contributed by atoms with Gasteiger partial charge in [-0.2, -0.15) is 0 Å². The summed E-state index contributed by atoms with van der Waals surface area (Å²) < 4.78 is 0. The second-order valence-electron chi connectivity index (χ2n) is 8.87. The van der Waals surface area contributed by atoms with Gasteiger partial charge in [0.05, 0.1) is 11.5 Å². The number of nitrogens with zero attached hydrogens (tertiary/aromatic N) is 2. The normalized spacial score (nSPS) is 18.2. The maximum atomic E-state index is 13.0. The average molecular weight is 439 g/mol. The topological polar surface area (TPSA) is 105 Å².